The average Bonchev–Trinajstić information content (AvgIpc) is 2.38. The van der Waals surface area contributed by atoms with Gasteiger partial charge in [0.25, 0.3) is 0 Å². The van der Waals surface area contributed by atoms with Crippen molar-refractivity contribution in [3.8, 4) is 6.07 Å². The Balaban J connectivity index is 2.53. The van der Waals surface area contributed by atoms with Gasteiger partial charge in [-0.15, -0.1) is 0 Å². The summed E-state index contributed by atoms with van der Waals surface area (Å²) in [6.45, 7) is 1.47. The van der Waals surface area contributed by atoms with Gasteiger partial charge in [0.15, 0.2) is 5.12 Å². The largest absolute Gasteiger partial charge is 0.390 e. The molecule has 2 N–H and O–H groups in total. The van der Waals surface area contributed by atoms with E-state index in [2.05, 4.69) is 0 Å². The Morgan fingerprint density at radius 3 is 2.53 bits per heavy atom. The van der Waals surface area contributed by atoms with Crippen LogP contribution in [0.3, 0.4) is 0 Å². The van der Waals surface area contributed by atoms with Crippen LogP contribution in [-0.4, -0.2) is 27.2 Å². The highest BCUT2D eigenvalue weighted by Crippen LogP contribution is 2.21. The van der Waals surface area contributed by atoms with Crippen molar-refractivity contribution >= 4 is 16.9 Å². The predicted molar refractivity (Wildman–Crippen MR) is 74.5 cm³/mol. The third kappa shape index (κ3) is 5.43. The first-order valence-corrected chi connectivity index (χ1v) is 6.98. The molecular weight excluding hydrogens is 262 g/mol. The second kappa shape index (κ2) is 7.95. The van der Waals surface area contributed by atoms with Gasteiger partial charge in [-0.25, -0.2) is 0 Å². The van der Waals surface area contributed by atoms with Gasteiger partial charge in [-0.05, 0) is 17.5 Å². The molecule has 0 fully saturated rings. The van der Waals surface area contributed by atoms with E-state index in [1.54, 1.807) is 24.3 Å². The summed E-state index contributed by atoms with van der Waals surface area (Å²) in [6.07, 6.45) is -1.18. The van der Waals surface area contributed by atoms with E-state index >= 15 is 0 Å². The lowest BCUT2D eigenvalue weighted by atomic mass is 10.0. The minimum atomic E-state index is -0.969. The van der Waals surface area contributed by atoms with Crippen LogP contribution in [0, 0.1) is 11.3 Å². The summed E-state index contributed by atoms with van der Waals surface area (Å²) in [4.78, 5) is 10.8. The van der Waals surface area contributed by atoms with Gasteiger partial charge in [0, 0.05) is 12.7 Å². The summed E-state index contributed by atoms with van der Waals surface area (Å²) in [5.41, 5.74) is 1.49. The van der Waals surface area contributed by atoms with Crippen molar-refractivity contribution in [2.45, 2.75) is 32.0 Å². The van der Waals surface area contributed by atoms with Gasteiger partial charge in [0.1, 0.15) is 6.10 Å². The Morgan fingerprint density at radius 1 is 1.37 bits per heavy atom. The molecule has 0 spiro atoms. The molecule has 0 radical (unpaired) electrons. The quantitative estimate of drug-likeness (QED) is 0.830. The molecule has 2 unspecified atom stereocenters. The maximum atomic E-state index is 10.8. The van der Waals surface area contributed by atoms with E-state index in [0.717, 1.165) is 17.3 Å². The van der Waals surface area contributed by atoms with E-state index in [1.807, 2.05) is 6.07 Å². The van der Waals surface area contributed by atoms with Crippen molar-refractivity contribution in [1.29, 1.82) is 5.26 Å². The van der Waals surface area contributed by atoms with E-state index < -0.39 is 12.2 Å². The number of hydrogen-bond donors (Lipinski definition) is 2. The number of carbonyl (C=O) groups is 1. The van der Waals surface area contributed by atoms with Gasteiger partial charge < -0.3 is 10.2 Å². The first-order valence-electron chi connectivity index (χ1n) is 6.00. The molecule has 5 heteroatoms. The summed E-state index contributed by atoms with van der Waals surface area (Å²) in [5.74, 6) is 0.486. The second-order valence-corrected chi connectivity index (χ2v) is 5.49. The fourth-order valence-electron chi connectivity index (χ4n) is 1.63. The van der Waals surface area contributed by atoms with Gasteiger partial charge in [0.05, 0.1) is 18.6 Å². The molecule has 0 amide bonds. The van der Waals surface area contributed by atoms with Crippen LogP contribution in [0.5, 0.6) is 0 Å². The summed E-state index contributed by atoms with van der Waals surface area (Å²) in [7, 11) is 0. The lowest BCUT2D eigenvalue weighted by molar-refractivity contribution is -0.109. The third-order valence-corrected chi connectivity index (χ3v) is 3.53. The molecule has 102 valence electrons. The standard InChI is InChI=1S/C14H17NO3S/c1-10(16)19-9-7-13(17)14(18)12-4-2-11(3-5-12)6-8-15/h2-5,13-14,17-18H,6-7,9H2,1H3. The normalized spacial score (nSPS) is 13.6. The van der Waals surface area contributed by atoms with Crippen LogP contribution in [0.1, 0.15) is 30.6 Å². The van der Waals surface area contributed by atoms with Crippen LogP contribution in [-0.2, 0) is 11.2 Å². The van der Waals surface area contributed by atoms with E-state index in [9.17, 15) is 15.0 Å². The molecule has 0 saturated carbocycles. The first kappa shape index (κ1) is 15.7. The fourth-order valence-corrected chi connectivity index (χ4v) is 2.27. The Labute approximate surface area is 117 Å². The number of nitrogens with zero attached hydrogens (tertiary/aromatic N) is 1. The van der Waals surface area contributed by atoms with Crippen molar-refractivity contribution in [3.63, 3.8) is 0 Å². The summed E-state index contributed by atoms with van der Waals surface area (Å²) in [5, 5.41) is 28.4. The van der Waals surface area contributed by atoms with Crippen molar-refractivity contribution in [2.24, 2.45) is 0 Å². The maximum Gasteiger partial charge on any atom is 0.185 e. The number of thioether (sulfide) groups is 1. The molecule has 4 nitrogen and oxygen atoms in total. The van der Waals surface area contributed by atoms with Gasteiger partial charge in [0.2, 0.25) is 0 Å². The zero-order valence-electron chi connectivity index (χ0n) is 10.7. The monoisotopic (exact) mass is 279 g/mol. The van der Waals surface area contributed by atoms with Crippen LogP contribution >= 0.6 is 11.8 Å². The highest BCUT2D eigenvalue weighted by atomic mass is 32.2. The molecule has 0 bridgehead atoms. The van der Waals surface area contributed by atoms with Crippen LogP contribution in [0.2, 0.25) is 0 Å². The van der Waals surface area contributed by atoms with Crippen LogP contribution < -0.4 is 0 Å². The van der Waals surface area contributed by atoms with Gasteiger partial charge >= 0.3 is 0 Å². The average molecular weight is 279 g/mol. The molecule has 0 aliphatic heterocycles. The number of carbonyl (C=O) groups excluding carboxylic acids is 1. The summed E-state index contributed by atoms with van der Waals surface area (Å²) in [6, 6.07) is 8.99. The number of aliphatic hydroxyl groups is 2. The SMILES string of the molecule is CC(=O)SCCC(O)C(O)c1ccc(CC#N)cc1. The molecule has 19 heavy (non-hydrogen) atoms. The number of benzene rings is 1. The fraction of sp³-hybridized carbons (Fsp3) is 0.429. The van der Waals surface area contributed by atoms with Crippen LogP contribution in [0.4, 0.5) is 0 Å². The van der Waals surface area contributed by atoms with Crippen molar-refractivity contribution in [3.05, 3.63) is 35.4 Å². The molecule has 1 aromatic rings. The Morgan fingerprint density at radius 2 is 2.00 bits per heavy atom. The highest BCUT2D eigenvalue weighted by Gasteiger charge is 2.18. The molecule has 1 rings (SSSR count). The molecule has 1 aromatic carbocycles. The Bertz CT molecular complexity index is 453. The smallest absolute Gasteiger partial charge is 0.185 e. The summed E-state index contributed by atoms with van der Waals surface area (Å²) < 4.78 is 0. The van der Waals surface area contributed by atoms with Gasteiger partial charge in [-0.1, -0.05) is 36.0 Å². The van der Waals surface area contributed by atoms with Crippen molar-refractivity contribution < 1.29 is 15.0 Å². The van der Waals surface area contributed by atoms with Gasteiger partial charge in [-0.2, -0.15) is 5.26 Å². The molecule has 0 heterocycles. The van der Waals surface area contributed by atoms with Crippen molar-refractivity contribution in [2.75, 3.05) is 5.75 Å². The first-order chi connectivity index (χ1) is 9.04. The van der Waals surface area contributed by atoms with E-state index in [-0.39, 0.29) is 5.12 Å². The maximum absolute atomic E-state index is 10.8. The molecule has 0 saturated heterocycles. The number of rotatable bonds is 6. The highest BCUT2D eigenvalue weighted by molar-refractivity contribution is 8.13. The molecule has 0 aliphatic rings. The zero-order valence-corrected chi connectivity index (χ0v) is 11.6. The molecule has 0 aliphatic carbocycles. The Hall–Kier alpha value is -1.35. The number of aliphatic hydroxyl groups excluding tert-OH is 2. The molecule has 0 aromatic heterocycles. The predicted octanol–water partition coefficient (Wildman–Crippen LogP) is 1.82. The Kier molecular flexibility index (Phi) is 6.57. The van der Waals surface area contributed by atoms with Gasteiger partial charge in [-0.3, -0.25) is 4.79 Å². The second-order valence-electron chi connectivity index (χ2n) is 4.22. The minimum absolute atomic E-state index is 0.00236. The summed E-state index contributed by atoms with van der Waals surface area (Å²) >= 11 is 1.14. The van der Waals surface area contributed by atoms with E-state index in [0.29, 0.717) is 24.2 Å². The number of hydrogen-bond acceptors (Lipinski definition) is 5. The third-order valence-electron chi connectivity index (χ3n) is 2.69. The molecule has 2 atom stereocenters. The van der Waals surface area contributed by atoms with Crippen LogP contribution in [0.25, 0.3) is 0 Å². The minimum Gasteiger partial charge on any atom is -0.390 e. The lowest BCUT2D eigenvalue weighted by Gasteiger charge is -2.18. The van der Waals surface area contributed by atoms with E-state index in [1.165, 1.54) is 6.92 Å². The van der Waals surface area contributed by atoms with Crippen molar-refractivity contribution in [1.82, 2.24) is 0 Å². The lowest BCUT2D eigenvalue weighted by Crippen LogP contribution is -2.19. The zero-order chi connectivity index (χ0) is 14.3. The number of nitriles is 1. The van der Waals surface area contributed by atoms with Crippen LogP contribution in [0.15, 0.2) is 24.3 Å². The van der Waals surface area contributed by atoms with E-state index in [4.69, 9.17) is 5.26 Å². The topological polar surface area (TPSA) is 81.3 Å². The molecular formula is C14H17NO3S.